The van der Waals surface area contributed by atoms with Gasteiger partial charge in [-0.25, -0.2) is 0 Å². The molecule has 2 aromatic carbocycles. The van der Waals surface area contributed by atoms with Gasteiger partial charge in [-0.3, -0.25) is 10.1 Å². The largest absolute Gasteiger partial charge is 0.507 e. The summed E-state index contributed by atoms with van der Waals surface area (Å²) in [5.74, 6) is -1.03. The van der Waals surface area contributed by atoms with Crippen LogP contribution in [-0.4, -0.2) is 28.6 Å². The van der Waals surface area contributed by atoms with Crippen LogP contribution >= 0.6 is 0 Å². The van der Waals surface area contributed by atoms with Crippen LogP contribution in [0.1, 0.15) is 5.56 Å². The van der Waals surface area contributed by atoms with Crippen molar-refractivity contribution in [2.75, 3.05) is 0 Å². The van der Waals surface area contributed by atoms with Gasteiger partial charge in [0.25, 0.3) is 11.1 Å². The number of aromatic hydroxyl groups is 1. The molecule has 0 saturated heterocycles. The predicted molar refractivity (Wildman–Crippen MR) is 72.1 cm³/mol. The number of nitro benzene ring substituents is 1. The summed E-state index contributed by atoms with van der Waals surface area (Å²) in [4.78, 5) is 9.59. The van der Waals surface area contributed by atoms with Gasteiger partial charge < -0.3 is 5.11 Å². The molecule has 4 nitrogen and oxygen atoms in total. The van der Waals surface area contributed by atoms with Crippen LogP contribution in [0.2, 0.25) is 0 Å². The minimum Gasteiger partial charge on any atom is -0.507 e. The van der Waals surface area contributed by atoms with Crippen molar-refractivity contribution in [1.29, 1.82) is 0 Å². The van der Waals surface area contributed by atoms with Crippen molar-refractivity contribution in [3.05, 3.63) is 46.0 Å². The fourth-order valence-corrected chi connectivity index (χ4v) is 2.78. The summed E-state index contributed by atoms with van der Waals surface area (Å²) in [6.07, 6.45) is -20.8. The molecule has 0 atom stereocenters. The maximum Gasteiger partial charge on any atom is 0.416 e. The van der Waals surface area contributed by atoms with Gasteiger partial charge in [0.2, 0.25) is 0 Å². The molecule has 2 aromatic rings. The third-order valence-corrected chi connectivity index (χ3v) is 3.87. The molecule has 27 heavy (non-hydrogen) atoms. The van der Waals surface area contributed by atoms with E-state index in [1.54, 1.807) is 0 Å². The minimum atomic E-state index is -6.95. The molecule has 1 N–H and O–H groups in total. The maximum absolute atomic E-state index is 13.3. The van der Waals surface area contributed by atoms with Crippen LogP contribution in [0.4, 0.5) is 45.2 Å². The molecule has 0 bridgehead atoms. The summed E-state index contributed by atoms with van der Waals surface area (Å²) in [5.41, 5.74) is -10.3. The molecule has 0 radical (unpaired) electrons. The van der Waals surface area contributed by atoms with Crippen LogP contribution < -0.4 is 0 Å². The number of fused-ring (bicyclic) bond motifs is 1. The Morgan fingerprint density at radius 3 is 1.70 bits per heavy atom. The summed E-state index contributed by atoms with van der Waals surface area (Å²) >= 11 is 0. The average molecular weight is 407 g/mol. The van der Waals surface area contributed by atoms with Crippen molar-refractivity contribution in [3.63, 3.8) is 0 Å². The molecule has 0 saturated carbocycles. The topological polar surface area (TPSA) is 63.4 Å². The molecule has 13 heteroatoms. The van der Waals surface area contributed by atoms with Crippen LogP contribution in [0.5, 0.6) is 5.75 Å². The lowest BCUT2D eigenvalue weighted by atomic mass is 9.75. The van der Waals surface area contributed by atoms with Gasteiger partial charge in [-0.15, -0.1) is 0 Å². The number of phenolic OH excluding ortho intramolecular Hbond substituents is 1. The number of nitrogens with zero attached hydrogens (tertiary/aromatic N) is 1. The van der Waals surface area contributed by atoms with E-state index >= 15 is 0 Å². The maximum atomic E-state index is 13.3. The summed E-state index contributed by atoms with van der Waals surface area (Å²) in [6.45, 7) is 0. The zero-order chi connectivity index (χ0) is 21.0. The fraction of sp³-hybridized carbons (Fsp3) is 0.286. The molecule has 0 unspecified atom stereocenters. The van der Waals surface area contributed by atoms with E-state index < -0.39 is 56.6 Å². The Kier molecular flexibility index (Phi) is 4.49. The smallest absolute Gasteiger partial charge is 0.416 e. The number of hydrogen-bond acceptors (Lipinski definition) is 3. The lowest BCUT2D eigenvalue weighted by molar-refractivity contribution is -0.388. The van der Waals surface area contributed by atoms with Gasteiger partial charge in [0.05, 0.1) is 10.3 Å². The molecule has 0 aromatic heterocycles. The van der Waals surface area contributed by atoms with Crippen LogP contribution in [0, 0.1) is 10.1 Å². The van der Waals surface area contributed by atoms with Gasteiger partial charge in [0.15, 0.2) is 0 Å². The van der Waals surface area contributed by atoms with Gasteiger partial charge in [0.1, 0.15) is 5.75 Å². The Labute approximate surface area is 143 Å². The third kappa shape index (κ3) is 2.80. The first kappa shape index (κ1) is 20.6. The SMILES string of the molecule is O=[N+]([O-])c1ccc(O)c2cccc(C(C(F)(F)F)(C(F)(F)F)C(F)(F)F)c12. The lowest BCUT2D eigenvalue weighted by Crippen LogP contribution is -2.63. The van der Waals surface area contributed by atoms with Crippen LogP contribution in [0.3, 0.4) is 0 Å². The molecule has 0 aliphatic rings. The summed E-state index contributed by atoms with van der Waals surface area (Å²) in [5, 5.41) is 18.1. The Morgan fingerprint density at radius 2 is 1.30 bits per heavy atom. The molecule has 148 valence electrons. The number of hydrogen-bond donors (Lipinski definition) is 1. The highest BCUT2D eigenvalue weighted by Crippen LogP contribution is 2.62. The zero-order valence-corrected chi connectivity index (χ0v) is 12.5. The summed E-state index contributed by atoms with van der Waals surface area (Å²) < 4.78 is 120. The van der Waals surface area contributed by atoms with E-state index in [4.69, 9.17) is 0 Å². The van der Waals surface area contributed by atoms with E-state index in [-0.39, 0.29) is 6.07 Å². The monoisotopic (exact) mass is 407 g/mol. The van der Waals surface area contributed by atoms with Crippen molar-refractivity contribution in [2.45, 2.75) is 23.9 Å². The van der Waals surface area contributed by atoms with Crippen LogP contribution in [0.15, 0.2) is 30.3 Å². The van der Waals surface area contributed by atoms with Crippen molar-refractivity contribution in [1.82, 2.24) is 0 Å². The molecule has 0 amide bonds. The van der Waals surface area contributed by atoms with Gasteiger partial charge in [-0.1, -0.05) is 18.2 Å². The van der Waals surface area contributed by atoms with E-state index in [2.05, 4.69) is 0 Å². The minimum absolute atomic E-state index is 0.150. The van der Waals surface area contributed by atoms with E-state index in [1.807, 2.05) is 0 Å². The molecule has 0 aliphatic carbocycles. The zero-order valence-electron chi connectivity index (χ0n) is 12.5. The Hall–Kier alpha value is -2.73. The number of benzene rings is 2. The van der Waals surface area contributed by atoms with Crippen molar-refractivity contribution < 1.29 is 49.5 Å². The average Bonchev–Trinajstić information content (AvgIpc) is 2.43. The van der Waals surface area contributed by atoms with Crippen LogP contribution in [0.25, 0.3) is 10.8 Å². The van der Waals surface area contributed by atoms with E-state index in [9.17, 15) is 54.7 Å². The second-order valence-electron chi connectivity index (χ2n) is 5.33. The molecule has 0 aliphatic heterocycles. The molecule has 2 rings (SSSR count). The number of phenols is 1. The molecule has 0 spiro atoms. The third-order valence-electron chi connectivity index (χ3n) is 3.87. The van der Waals surface area contributed by atoms with Crippen LogP contribution in [-0.2, 0) is 5.41 Å². The Bertz CT molecular complexity index is 864. The summed E-state index contributed by atoms with van der Waals surface area (Å²) in [6, 6.07) is 1.80. The van der Waals surface area contributed by atoms with Gasteiger partial charge in [-0.05, 0) is 6.07 Å². The highest BCUT2D eigenvalue weighted by molar-refractivity contribution is 5.98. The Balaban J connectivity index is 3.23. The fourth-order valence-electron chi connectivity index (χ4n) is 2.78. The van der Waals surface area contributed by atoms with E-state index in [0.29, 0.717) is 24.3 Å². The van der Waals surface area contributed by atoms with Gasteiger partial charge in [-0.2, -0.15) is 39.5 Å². The first-order valence-corrected chi connectivity index (χ1v) is 6.67. The molecular weight excluding hydrogens is 401 g/mol. The number of nitro groups is 1. The number of rotatable bonds is 2. The molecule has 0 fully saturated rings. The second-order valence-corrected chi connectivity index (χ2v) is 5.33. The van der Waals surface area contributed by atoms with Crippen molar-refractivity contribution >= 4 is 16.5 Å². The quantitative estimate of drug-likeness (QED) is 0.413. The van der Waals surface area contributed by atoms with Gasteiger partial charge >= 0.3 is 18.5 Å². The first-order valence-electron chi connectivity index (χ1n) is 6.67. The van der Waals surface area contributed by atoms with Crippen molar-refractivity contribution in [3.8, 4) is 5.75 Å². The number of alkyl halides is 9. The predicted octanol–water partition coefficient (Wildman–Crippen LogP) is 5.38. The Morgan fingerprint density at radius 1 is 0.815 bits per heavy atom. The van der Waals surface area contributed by atoms with Gasteiger partial charge in [0, 0.05) is 17.0 Å². The first-order chi connectivity index (χ1) is 12.1. The number of halogens is 9. The second kappa shape index (κ2) is 5.89. The standard InChI is InChI=1S/C14H6F9NO3/c15-12(16,17)11(13(18,19)20,14(21,22)23)7-3-1-2-6-9(25)5-4-8(10(6)7)24(26)27/h1-5,25H. The van der Waals surface area contributed by atoms with E-state index in [0.717, 1.165) is 0 Å². The summed E-state index contributed by atoms with van der Waals surface area (Å²) in [7, 11) is 0. The highest BCUT2D eigenvalue weighted by atomic mass is 19.4. The lowest BCUT2D eigenvalue weighted by Gasteiger charge is -2.39. The molecular formula is C14H6F9NO3. The van der Waals surface area contributed by atoms with E-state index in [1.165, 1.54) is 0 Å². The van der Waals surface area contributed by atoms with Crippen molar-refractivity contribution in [2.24, 2.45) is 0 Å². The normalized spacial score (nSPS) is 13.8. The highest BCUT2D eigenvalue weighted by Gasteiger charge is 2.84. The molecule has 0 heterocycles. The number of non-ortho nitro benzene ring substituents is 1.